The van der Waals surface area contributed by atoms with E-state index in [0.29, 0.717) is 33.8 Å². The van der Waals surface area contributed by atoms with Crippen molar-refractivity contribution in [1.29, 1.82) is 0 Å². The number of nitrogens with one attached hydrogen (secondary N) is 1. The number of barbiturate groups is 1. The molecular formula is C22H20Br2N2O5. The highest BCUT2D eigenvalue weighted by Gasteiger charge is 2.37. The molecule has 7 nitrogen and oxygen atoms in total. The molecule has 0 aromatic heterocycles. The van der Waals surface area contributed by atoms with E-state index >= 15 is 0 Å². The number of carbonyl (C=O) groups is 3. The van der Waals surface area contributed by atoms with E-state index in [1.54, 1.807) is 36.4 Å². The van der Waals surface area contributed by atoms with Gasteiger partial charge in [0.2, 0.25) is 0 Å². The monoisotopic (exact) mass is 550 g/mol. The average molecular weight is 552 g/mol. The molecule has 1 aliphatic rings. The number of benzene rings is 2. The summed E-state index contributed by atoms with van der Waals surface area (Å²) in [5, 5.41) is 2.22. The van der Waals surface area contributed by atoms with Gasteiger partial charge in [0.05, 0.1) is 18.4 Å². The van der Waals surface area contributed by atoms with Gasteiger partial charge in [-0.15, -0.1) is 0 Å². The number of rotatable bonds is 6. The van der Waals surface area contributed by atoms with E-state index in [9.17, 15) is 14.4 Å². The fraction of sp³-hybridized carbons (Fsp3) is 0.227. The molecule has 1 aliphatic heterocycles. The van der Waals surface area contributed by atoms with Crippen molar-refractivity contribution in [3.05, 3.63) is 56.5 Å². The molecule has 0 unspecified atom stereocenters. The van der Waals surface area contributed by atoms with Crippen LogP contribution in [-0.4, -0.2) is 30.6 Å². The summed E-state index contributed by atoms with van der Waals surface area (Å²) in [6, 6.07) is 9.22. The Hall–Kier alpha value is -2.65. The standard InChI is InChI=1S/C22H20Br2N2O5/c1-4-30-18-10-13(17(24)11-19(18)31-12(2)3)9-16-20(27)25-22(29)26(21(16)28)15-7-5-14(23)6-8-15/h5-12H,4H2,1-3H3,(H,25,27,29)/b16-9+. The van der Waals surface area contributed by atoms with Crippen LogP contribution in [0.4, 0.5) is 10.5 Å². The number of carbonyl (C=O) groups excluding carboxylic acids is 3. The second-order valence-electron chi connectivity index (χ2n) is 6.85. The Morgan fingerprint density at radius 3 is 2.35 bits per heavy atom. The number of ether oxygens (including phenoxy) is 2. The van der Waals surface area contributed by atoms with Gasteiger partial charge in [0.1, 0.15) is 5.57 Å². The third-order valence-corrected chi connectivity index (χ3v) is 5.43. The maximum atomic E-state index is 13.1. The molecule has 3 rings (SSSR count). The highest BCUT2D eigenvalue weighted by Crippen LogP contribution is 2.36. The number of anilines is 1. The third-order valence-electron chi connectivity index (χ3n) is 4.21. The topological polar surface area (TPSA) is 84.9 Å². The van der Waals surface area contributed by atoms with Gasteiger partial charge >= 0.3 is 6.03 Å². The van der Waals surface area contributed by atoms with E-state index in [-0.39, 0.29) is 11.7 Å². The second kappa shape index (κ2) is 9.65. The molecule has 0 bridgehead atoms. The zero-order valence-corrected chi connectivity index (χ0v) is 20.2. The zero-order valence-electron chi connectivity index (χ0n) is 17.1. The first-order valence-corrected chi connectivity index (χ1v) is 11.1. The van der Waals surface area contributed by atoms with Crippen molar-refractivity contribution in [2.45, 2.75) is 26.9 Å². The summed E-state index contributed by atoms with van der Waals surface area (Å²) in [5.74, 6) is -0.466. The molecule has 0 spiro atoms. The Labute approximate surface area is 196 Å². The lowest BCUT2D eigenvalue weighted by Gasteiger charge is -2.26. The smallest absolute Gasteiger partial charge is 0.335 e. The van der Waals surface area contributed by atoms with E-state index in [2.05, 4.69) is 37.2 Å². The van der Waals surface area contributed by atoms with E-state index in [1.165, 1.54) is 6.08 Å². The largest absolute Gasteiger partial charge is 0.490 e. The second-order valence-corrected chi connectivity index (χ2v) is 8.62. The summed E-state index contributed by atoms with van der Waals surface area (Å²) in [6.07, 6.45) is 1.35. The van der Waals surface area contributed by atoms with Gasteiger partial charge in [-0.1, -0.05) is 31.9 Å². The fourth-order valence-corrected chi connectivity index (χ4v) is 3.61. The van der Waals surface area contributed by atoms with E-state index in [0.717, 1.165) is 9.37 Å². The maximum absolute atomic E-state index is 13.1. The predicted molar refractivity (Wildman–Crippen MR) is 124 cm³/mol. The Bertz CT molecular complexity index is 1060. The van der Waals surface area contributed by atoms with Crippen molar-refractivity contribution in [3.8, 4) is 11.5 Å². The predicted octanol–water partition coefficient (Wildman–Crippen LogP) is 5.06. The van der Waals surface area contributed by atoms with Crippen LogP contribution in [0.1, 0.15) is 26.3 Å². The van der Waals surface area contributed by atoms with Crippen LogP contribution in [0.3, 0.4) is 0 Å². The SMILES string of the molecule is CCOc1cc(/C=C2\C(=O)NC(=O)N(c3ccc(Br)cc3)C2=O)c(Br)cc1OC(C)C. The Morgan fingerprint density at radius 1 is 1.06 bits per heavy atom. The van der Waals surface area contributed by atoms with Crippen LogP contribution in [0.5, 0.6) is 11.5 Å². The van der Waals surface area contributed by atoms with Gasteiger partial charge in [0.25, 0.3) is 11.8 Å². The summed E-state index contributed by atoms with van der Waals surface area (Å²) >= 11 is 6.78. The summed E-state index contributed by atoms with van der Waals surface area (Å²) in [7, 11) is 0. The van der Waals surface area contributed by atoms with Gasteiger partial charge < -0.3 is 9.47 Å². The van der Waals surface area contributed by atoms with Crippen LogP contribution >= 0.6 is 31.9 Å². The van der Waals surface area contributed by atoms with Gasteiger partial charge in [-0.25, -0.2) is 9.69 Å². The first-order valence-electron chi connectivity index (χ1n) is 9.51. The lowest BCUT2D eigenvalue weighted by atomic mass is 10.1. The Kier molecular flexibility index (Phi) is 7.17. The molecule has 31 heavy (non-hydrogen) atoms. The maximum Gasteiger partial charge on any atom is 0.335 e. The van der Waals surface area contributed by atoms with Crippen LogP contribution < -0.4 is 19.7 Å². The average Bonchev–Trinajstić information content (AvgIpc) is 2.69. The van der Waals surface area contributed by atoms with Crippen LogP contribution in [0.15, 0.2) is 50.9 Å². The molecule has 2 aromatic rings. The number of halogens is 2. The molecule has 4 amide bonds. The summed E-state index contributed by atoms with van der Waals surface area (Å²) in [6.45, 7) is 6.06. The molecule has 2 aromatic carbocycles. The van der Waals surface area contributed by atoms with Crippen LogP contribution in [0.25, 0.3) is 6.08 Å². The quantitative estimate of drug-likeness (QED) is 0.400. The molecule has 1 fully saturated rings. The molecule has 0 atom stereocenters. The molecule has 9 heteroatoms. The van der Waals surface area contributed by atoms with Crippen molar-refractivity contribution in [2.24, 2.45) is 0 Å². The number of urea groups is 1. The lowest BCUT2D eigenvalue weighted by Crippen LogP contribution is -2.54. The Balaban J connectivity index is 2.03. The van der Waals surface area contributed by atoms with Crippen LogP contribution in [0, 0.1) is 0 Å². The van der Waals surface area contributed by atoms with Crippen molar-refractivity contribution in [3.63, 3.8) is 0 Å². The molecule has 1 N–H and O–H groups in total. The van der Waals surface area contributed by atoms with E-state index in [1.807, 2.05) is 20.8 Å². The van der Waals surface area contributed by atoms with E-state index < -0.39 is 17.8 Å². The van der Waals surface area contributed by atoms with Gasteiger partial charge in [-0.3, -0.25) is 14.9 Å². The van der Waals surface area contributed by atoms with Crippen molar-refractivity contribution in [2.75, 3.05) is 11.5 Å². The third kappa shape index (κ3) is 5.16. The number of hydrogen-bond donors (Lipinski definition) is 1. The van der Waals surface area contributed by atoms with Crippen molar-refractivity contribution in [1.82, 2.24) is 5.32 Å². The van der Waals surface area contributed by atoms with Crippen molar-refractivity contribution < 1.29 is 23.9 Å². The molecule has 0 saturated carbocycles. The van der Waals surface area contributed by atoms with Gasteiger partial charge in [-0.05, 0) is 68.8 Å². The zero-order chi connectivity index (χ0) is 22.7. The normalized spacial score (nSPS) is 15.5. The lowest BCUT2D eigenvalue weighted by molar-refractivity contribution is -0.122. The number of amides is 4. The molecule has 0 aliphatic carbocycles. The fourth-order valence-electron chi connectivity index (χ4n) is 2.91. The molecule has 1 saturated heterocycles. The van der Waals surface area contributed by atoms with E-state index in [4.69, 9.17) is 9.47 Å². The van der Waals surface area contributed by atoms with Gasteiger partial charge in [0, 0.05) is 8.95 Å². The highest BCUT2D eigenvalue weighted by molar-refractivity contribution is 9.10. The van der Waals surface area contributed by atoms with Crippen molar-refractivity contribution >= 4 is 61.5 Å². The Morgan fingerprint density at radius 2 is 1.74 bits per heavy atom. The minimum atomic E-state index is -0.802. The summed E-state index contributed by atoms with van der Waals surface area (Å²) < 4.78 is 12.9. The minimum absolute atomic E-state index is 0.0634. The summed E-state index contributed by atoms with van der Waals surface area (Å²) in [5.41, 5.74) is 0.699. The molecule has 162 valence electrons. The first-order chi connectivity index (χ1) is 14.7. The van der Waals surface area contributed by atoms with Crippen LogP contribution in [-0.2, 0) is 9.59 Å². The first kappa shape index (κ1) is 23.0. The summed E-state index contributed by atoms with van der Waals surface area (Å²) in [4.78, 5) is 38.8. The minimum Gasteiger partial charge on any atom is -0.490 e. The molecule has 0 radical (unpaired) electrons. The number of imide groups is 2. The molecule has 1 heterocycles. The highest BCUT2D eigenvalue weighted by atomic mass is 79.9. The van der Waals surface area contributed by atoms with Gasteiger partial charge in [0.15, 0.2) is 11.5 Å². The van der Waals surface area contributed by atoms with Gasteiger partial charge in [-0.2, -0.15) is 0 Å². The number of hydrogen-bond acceptors (Lipinski definition) is 5. The number of nitrogens with zero attached hydrogens (tertiary/aromatic N) is 1. The van der Waals surface area contributed by atoms with Crippen LogP contribution in [0.2, 0.25) is 0 Å². The molecular weight excluding hydrogens is 532 g/mol.